The lowest BCUT2D eigenvalue weighted by atomic mass is 10.2. The number of carboxylic acids is 1. The molecule has 0 fully saturated rings. The number of carboxylic acid groups (broad SMARTS) is 1. The van der Waals surface area contributed by atoms with Gasteiger partial charge >= 0.3 is 11.7 Å². The minimum atomic E-state index is -4.26. The monoisotopic (exact) mass is 370 g/mol. The van der Waals surface area contributed by atoms with Gasteiger partial charge in [-0.25, -0.2) is 0 Å². The first-order valence-corrected chi connectivity index (χ1v) is 7.93. The maximum atomic E-state index is 12.0. The first kappa shape index (κ1) is 21.3. The number of aliphatic carboxylic acids is 1. The Balaban J connectivity index is 0.00000484. The number of nitrogens with zero attached hydrogens (tertiary/aromatic N) is 1. The Labute approximate surface area is 136 Å². The van der Waals surface area contributed by atoms with Gasteiger partial charge in [-0.15, -0.1) is 12.4 Å². The normalized spacial score (nSPS) is 15.8. The molecule has 0 aliphatic heterocycles. The molecular weight excluding hydrogens is 355 g/mol. The third-order valence-corrected chi connectivity index (χ3v) is 4.92. The Morgan fingerprint density at radius 2 is 2.00 bits per heavy atom. The number of phenols is 1. The van der Waals surface area contributed by atoms with Gasteiger partial charge in [0.2, 0.25) is 7.37 Å². The summed E-state index contributed by atoms with van der Waals surface area (Å²) in [5.41, 5.74) is 4.25. The number of rotatable bonds is 7. The van der Waals surface area contributed by atoms with E-state index >= 15 is 0 Å². The van der Waals surface area contributed by atoms with Gasteiger partial charge in [0.05, 0.1) is 4.92 Å². The van der Waals surface area contributed by atoms with Crippen LogP contribution in [-0.2, 0) is 9.36 Å². The highest BCUT2D eigenvalue weighted by molar-refractivity contribution is 7.58. The molecule has 130 valence electrons. The number of nitrogens with two attached hydrogens (primary N) is 1. The molecule has 23 heavy (non-hydrogen) atoms. The molecular formula is C11H16ClN2O8P. The van der Waals surface area contributed by atoms with Crippen LogP contribution in [0, 0.1) is 10.1 Å². The van der Waals surface area contributed by atoms with Crippen molar-refractivity contribution in [3.63, 3.8) is 0 Å². The van der Waals surface area contributed by atoms with Crippen LogP contribution in [0.2, 0.25) is 0 Å². The van der Waals surface area contributed by atoms with E-state index in [0.717, 1.165) is 18.2 Å². The quantitative estimate of drug-likeness (QED) is 0.263. The van der Waals surface area contributed by atoms with E-state index in [2.05, 4.69) is 0 Å². The van der Waals surface area contributed by atoms with E-state index in [-0.39, 0.29) is 24.4 Å². The second-order valence-corrected chi connectivity index (χ2v) is 7.04. The zero-order valence-electron chi connectivity index (χ0n) is 11.6. The van der Waals surface area contributed by atoms with Crippen molar-refractivity contribution in [2.75, 3.05) is 6.16 Å². The summed E-state index contributed by atoms with van der Waals surface area (Å²) in [7, 11) is -4.26. The molecule has 0 bridgehead atoms. The SMILES string of the molecule is Cl.N[C@@H](CCP(=O)(O)C(O)c1ccc(O)c([N+](=O)[O-])c1)C(=O)O. The molecule has 0 spiro atoms. The van der Waals surface area contributed by atoms with E-state index in [4.69, 9.17) is 10.8 Å². The molecule has 1 aromatic rings. The number of halogens is 1. The van der Waals surface area contributed by atoms with Crippen molar-refractivity contribution in [1.29, 1.82) is 0 Å². The van der Waals surface area contributed by atoms with Crippen molar-refractivity contribution in [2.24, 2.45) is 5.73 Å². The summed E-state index contributed by atoms with van der Waals surface area (Å²) in [5.74, 6) is -3.95. The minimum Gasteiger partial charge on any atom is -0.502 e. The first-order valence-electron chi connectivity index (χ1n) is 6.01. The summed E-state index contributed by atoms with van der Waals surface area (Å²) in [6, 6.07) is 1.40. The molecule has 0 saturated heterocycles. The molecule has 6 N–H and O–H groups in total. The predicted molar refractivity (Wildman–Crippen MR) is 81.9 cm³/mol. The number of benzene rings is 1. The molecule has 2 unspecified atom stereocenters. The molecule has 0 radical (unpaired) electrons. The van der Waals surface area contributed by atoms with Gasteiger partial charge in [0.1, 0.15) is 6.04 Å². The van der Waals surface area contributed by atoms with Crippen molar-refractivity contribution in [3.8, 4) is 5.75 Å². The molecule has 10 nitrogen and oxygen atoms in total. The van der Waals surface area contributed by atoms with E-state index in [0.29, 0.717) is 0 Å². The smallest absolute Gasteiger partial charge is 0.320 e. The number of hydrogen-bond acceptors (Lipinski definition) is 7. The highest BCUT2D eigenvalue weighted by Gasteiger charge is 2.33. The third-order valence-electron chi connectivity index (χ3n) is 2.95. The van der Waals surface area contributed by atoms with Gasteiger partial charge in [-0.3, -0.25) is 19.5 Å². The maximum absolute atomic E-state index is 12.0. The largest absolute Gasteiger partial charge is 0.502 e. The van der Waals surface area contributed by atoms with Crippen molar-refractivity contribution < 1.29 is 34.5 Å². The van der Waals surface area contributed by atoms with Gasteiger partial charge in [-0.1, -0.05) is 6.07 Å². The van der Waals surface area contributed by atoms with Gasteiger partial charge < -0.3 is 25.9 Å². The fraction of sp³-hybridized carbons (Fsp3) is 0.364. The fourth-order valence-electron chi connectivity index (χ4n) is 1.65. The molecule has 1 aromatic carbocycles. The number of nitro groups is 1. The van der Waals surface area contributed by atoms with Crippen LogP contribution in [-0.4, -0.2) is 43.3 Å². The molecule has 3 atom stereocenters. The number of aliphatic hydroxyl groups is 1. The molecule has 0 aliphatic rings. The van der Waals surface area contributed by atoms with Crippen LogP contribution < -0.4 is 5.73 Å². The van der Waals surface area contributed by atoms with Crippen LogP contribution >= 0.6 is 19.8 Å². The van der Waals surface area contributed by atoms with Crippen molar-refractivity contribution >= 4 is 31.4 Å². The lowest BCUT2D eigenvalue weighted by molar-refractivity contribution is -0.386. The summed E-state index contributed by atoms with van der Waals surface area (Å²) in [4.78, 5) is 30.1. The third kappa shape index (κ3) is 5.45. The molecule has 12 heteroatoms. The van der Waals surface area contributed by atoms with Crippen molar-refractivity contribution in [1.82, 2.24) is 0 Å². The maximum Gasteiger partial charge on any atom is 0.320 e. The zero-order valence-corrected chi connectivity index (χ0v) is 13.3. The number of hydrogen-bond donors (Lipinski definition) is 5. The van der Waals surface area contributed by atoms with Gasteiger partial charge in [-0.2, -0.15) is 0 Å². The molecule has 0 heterocycles. The second-order valence-electron chi connectivity index (χ2n) is 4.59. The highest BCUT2D eigenvalue weighted by Crippen LogP contribution is 2.55. The van der Waals surface area contributed by atoms with E-state index < -0.39 is 47.7 Å². The van der Waals surface area contributed by atoms with Gasteiger partial charge in [0.15, 0.2) is 11.6 Å². The Morgan fingerprint density at radius 1 is 1.43 bits per heavy atom. The Hall–Kier alpha value is -1.71. The molecule has 0 aromatic heterocycles. The number of aromatic hydroxyl groups is 1. The van der Waals surface area contributed by atoms with Crippen LogP contribution in [0.25, 0.3) is 0 Å². The summed E-state index contributed by atoms with van der Waals surface area (Å²) >= 11 is 0. The van der Waals surface area contributed by atoms with Crippen LogP contribution in [0.3, 0.4) is 0 Å². The number of nitro benzene ring substituents is 1. The molecule has 1 rings (SSSR count). The second kappa shape index (κ2) is 8.23. The topological polar surface area (TPSA) is 184 Å². The lowest BCUT2D eigenvalue weighted by Crippen LogP contribution is -2.31. The van der Waals surface area contributed by atoms with Crippen LogP contribution in [0.15, 0.2) is 18.2 Å². The zero-order chi connectivity index (χ0) is 17.1. The lowest BCUT2D eigenvalue weighted by Gasteiger charge is -2.19. The van der Waals surface area contributed by atoms with Crippen LogP contribution in [0.5, 0.6) is 5.75 Å². The van der Waals surface area contributed by atoms with E-state index in [9.17, 15) is 34.6 Å². The number of aliphatic hydroxyl groups excluding tert-OH is 1. The van der Waals surface area contributed by atoms with Crippen molar-refractivity contribution in [3.05, 3.63) is 33.9 Å². The minimum absolute atomic E-state index is 0. The van der Waals surface area contributed by atoms with Crippen LogP contribution in [0.4, 0.5) is 5.69 Å². The standard InChI is InChI=1S/C11H15N2O8P.ClH/c12-7(10(15)16)3-4-22(20,21)11(17)6-1-2-9(14)8(5-6)13(18)19;/h1-2,5,7,11,14,17H,3-4,12H2,(H,15,16)(H,20,21);1H/t7-,11?;/m0./s1. The van der Waals surface area contributed by atoms with Gasteiger partial charge in [-0.05, 0) is 18.1 Å². The summed E-state index contributed by atoms with van der Waals surface area (Å²) in [5, 5.41) is 38.5. The van der Waals surface area contributed by atoms with E-state index in [1.807, 2.05) is 0 Å². The van der Waals surface area contributed by atoms with Crippen molar-refractivity contribution in [2.45, 2.75) is 18.3 Å². The fourth-order valence-corrected chi connectivity index (χ4v) is 3.17. The summed E-state index contributed by atoms with van der Waals surface area (Å²) < 4.78 is 12.0. The summed E-state index contributed by atoms with van der Waals surface area (Å²) in [6.07, 6.45) is -0.920. The van der Waals surface area contributed by atoms with Gasteiger partial charge in [0.25, 0.3) is 0 Å². The predicted octanol–water partition coefficient (Wildman–Crippen LogP) is 0.785. The van der Waals surface area contributed by atoms with Gasteiger partial charge in [0, 0.05) is 12.2 Å². The van der Waals surface area contributed by atoms with Crippen LogP contribution in [0.1, 0.15) is 17.8 Å². The average Bonchev–Trinajstić information content (AvgIpc) is 2.44. The Bertz CT molecular complexity index is 640. The number of carbonyl (C=O) groups is 1. The molecule has 0 amide bonds. The molecule has 0 saturated carbocycles. The molecule has 0 aliphatic carbocycles. The first-order chi connectivity index (χ1) is 10.1. The number of phenolic OH excluding ortho intramolecular Hbond substituents is 1. The van der Waals surface area contributed by atoms with E-state index in [1.54, 1.807) is 0 Å². The Morgan fingerprint density at radius 3 is 2.48 bits per heavy atom. The van der Waals surface area contributed by atoms with E-state index in [1.165, 1.54) is 0 Å². The Kier molecular flexibility index (Phi) is 7.62. The average molecular weight is 371 g/mol. The summed E-state index contributed by atoms with van der Waals surface area (Å²) in [6.45, 7) is 0. The highest BCUT2D eigenvalue weighted by atomic mass is 35.5.